The van der Waals surface area contributed by atoms with Gasteiger partial charge in [-0.15, -0.1) is 0 Å². The van der Waals surface area contributed by atoms with Crippen molar-refractivity contribution in [2.24, 2.45) is 0 Å². The topological polar surface area (TPSA) is 96.5 Å². The Morgan fingerprint density at radius 3 is 2.31 bits per heavy atom. The zero-order valence-electron chi connectivity index (χ0n) is 14.2. The van der Waals surface area contributed by atoms with Crippen molar-refractivity contribution in [1.82, 2.24) is 16.2 Å². The van der Waals surface area contributed by atoms with Gasteiger partial charge in [0, 0.05) is 11.1 Å². The number of rotatable bonds is 3. The fourth-order valence-electron chi connectivity index (χ4n) is 2.12. The Hall–Kier alpha value is -3.26. The number of esters is 1. The molecule has 0 saturated heterocycles. The largest absolute Gasteiger partial charge is 0.465 e. The van der Waals surface area contributed by atoms with E-state index in [2.05, 4.69) is 20.9 Å². The fourth-order valence-corrected chi connectivity index (χ4v) is 2.26. The molecule has 0 fully saturated rings. The van der Waals surface area contributed by atoms with Gasteiger partial charge in [-0.05, 0) is 49.0 Å². The van der Waals surface area contributed by atoms with Crippen LogP contribution in [-0.4, -0.2) is 30.0 Å². The lowest BCUT2D eigenvalue weighted by Gasteiger charge is -2.12. The lowest BCUT2D eigenvalue weighted by molar-refractivity contribution is 0.0600. The molecule has 8 heteroatoms. The minimum absolute atomic E-state index is 0.0830. The van der Waals surface area contributed by atoms with Crippen LogP contribution in [0.2, 0.25) is 0 Å². The van der Waals surface area contributed by atoms with Crippen LogP contribution >= 0.6 is 12.2 Å². The summed E-state index contributed by atoms with van der Waals surface area (Å²) in [6, 6.07) is 13.0. The molecule has 0 spiro atoms. The van der Waals surface area contributed by atoms with E-state index in [4.69, 9.17) is 12.2 Å². The average molecular weight is 371 g/mol. The molecule has 0 radical (unpaired) electrons. The number of hydrogen-bond donors (Lipinski definition) is 3. The highest BCUT2D eigenvalue weighted by Crippen LogP contribution is 2.07. The van der Waals surface area contributed by atoms with E-state index in [9.17, 15) is 14.4 Å². The highest BCUT2D eigenvalue weighted by Gasteiger charge is 2.13. The zero-order chi connectivity index (χ0) is 19.1. The summed E-state index contributed by atoms with van der Waals surface area (Å²) in [6.45, 7) is 1.81. The second-order valence-electron chi connectivity index (χ2n) is 5.25. The van der Waals surface area contributed by atoms with Gasteiger partial charge in [0.25, 0.3) is 11.8 Å². The quantitative estimate of drug-likeness (QED) is 0.432. The summed E-state index contributed by atoms with van der Waals surface area (Å²) in [5.74, 6) is -1.46. The average Bonchev–Trinajstić information content (AvgIpc) is 2.65. The van der Waals surface area contributed by atoms with Crippen LogP contribution in [0, 0.1) is 6.92 Å². The molecule has 0 heterocycles. The third-order valence-corrected chi connectivity index (χ3v) is 3.66. The van der Waals surface area contributed by atoms with Gasteiger partial charge in [-0.1, -0.05) is 24.3 Å². The Morgan fingerprint density at radius 2 is 1.62 bits per heavy atom. The van der Waals surface area contributed by atoms with Crippen molar-refractivity contribution < 1.29 is 19.1 Å². The second-order valence-corrected chi connectivity index (χ2v) is 5.66. The van der Waals surface area contributed by atoms with Crippen molar-refractivity contribution in [3.05, 3.63) is 70.8 Å². The molecular weight excluding hydrogens is 354 g/mol. The number of amides is 2. The van der Waals surface area contributed by atoms with Crippen LogP contribution in [0.15, 0.2) is 48.5 Å². The molecule has 0 aromatic heterocycles. The standard InChI is InChI=1S/C18H17N3O4S/c1-11-6-3-4-9-14(11)16(23)20-21-18(26)19-15(22)12-7-5-8-13(10-12)17(24)25-2/h3-10H,1-2H3,(H,20,23)(H2,19,21,22,26). The van der Waals surface area contributed by atoms with E-state index in [0.717, 1.165) is 5.56 Å². The van der Waals surface area contributed by atoms with Gasteiger partial charge in [0.15, 0.2) is 5.11 Å². The second kappa shape index (κ2) is 8.72. The minimum atomic E-state index is -0.550. The molecule has 0 atom stereocenters. The lowest BCUT2D eigenvalue weighted by Crippen LogP contribution is -2.48. The molecule has 0 aliphatic heterocycles. The van der Waals surface area contributed by atoms with Crippen molar-refractivity contribution in [2.75, 3.05) is 7.11 Å². The summed E-state index contributed by atoms with van der Waals surface area (Å²) in [5.41, 5.74) is 6.64. The van der Waals surface area contributed by atoms with Crippen LogP contribution in [0.3, 0.4) is 0 Å². The van der Waals surface area contributed by atoms with Crippen LogP contribution in [0.4, 0.5) is 0 Å². The summed E-state index contributed by atoms with van der Waals surface area (Å²) >= 11 is 4.99. The molecule has 0 aliphatic rings. The highest BCUT2D eigenvalue weighted by molar-refractivity contribution is 7.80. The molecule has 2 rings (SSSR count). The first kappa shape index (κ1) is 19.1. The monoisotopic (exact) mass is 371 g/mol. The van der Waals surface area contributed by atoms with Gasteiger partial charge in [0.05, 0.1) is 12.7 Å². The summed E-state index contributed by atoms with van der Waals surface area (Å²) in [4.78, 5) is 35.8. The number of methoxy groups -OCH3 is 1. The van der Waals surface area contributed by atoms with E-state index in [0.29, 0.717) is 5.56 Å². The Balaban J connectivity index is 1.93. The van der Waals surface area contributed by atoms with E-state index in [1.807, 2.05) is 19.1 Å². The number of hydrazine groups is 1. The maximum atomic E-state index is 12.2. The molecule has 2 amide bonds. The van der Waals surface area contributed by atoms with Gasteiger partial charge < -0.3 is 4.74 Å². The van der Waals surface area contributed by atoms with Gasteiger partial charge in [-0.3, -0.25) is 25.8 Å². The Morgan fingerprint density at radius 1 is 0.923 bits per heavy atom. The van der Waals surface area contributed by atoms with Gasteiger partial charge in [-0.25, -0.2) is 4.79 Å². The highest BCUT2D eigenvalue weighted by atomic mass is 32.1. The third kappa shape index (κ3) is 4.87. The van der Waals surface area contributed by atoms with Crippen molar-refractivity contribution in [1.29, 1.82) is 0 Å². The zero-order valence-corrected chi connectivity index (χ0v) is 15.0. The molecule has 2 aromatic carbocycles. The van der Waals surface area contributed by atoms with Gasteiger partial charge in [0.2, 0.25) is 0 Å². The predicted molar refractivity (Wildman–Crippen MR) is 99.6 cm³/mol. The normalized spacial score (nSPS) is 9.77. The molecule has 7 nitrogen and oxygen atoms in total. The maximum absolute atomic E-state index is 12.2. The molecular formula is C18H17N3O4S. The molecule has 0 unspecified atom stereocenters. The van der Waals surface area contributed by atoms with Gasteiger partial charge >= 0.3 is 5.97 Å². The first-order chi connectivity index (χ1) is 12.4. The summed E-state index contributed by atoms with van der Waals surface area (Å²) in [7, 11) is 1.26. The Labute approximate surface area is 155 Å². The van der Waals surface area contributed by atoms with Crippen LogP contribution in [-0.2, 0) is 4.74 Å². The number of hydrogen-bond acceptors (Lipinski definition) is 5. The van der Waals surface area contributed by atoms with Crippen molar-refractivity contribution in [3.8, 4) is 0 Å². The Bertz CT molecular complexity index is 867. The molecule has 3 N–H and O–H groups in total. The number of carbonyl (C=O) groups excluding carboxylic acids is 3. The van der Waals surface area contributed by atoms with Gasteiger partial charge in [0.1, 0.15) is 0 Å². The number of thiocarbonyl (C=S) groups is 1. The maximum Gasteiger partial charge on any atom is 0.337 e. The Kier molecular flexibility index (Phi) is 6.40. The molecule has 2 aromatic rings. The predicted octanol–water partition coefficient (Wildman–Crippen LogP) is 1.73. The number of aryl methyl sites for hydroxylation is 1. The summed E-state index contributed by atoms with van der Waals surface area (Å²) in [6.07, 6.45) is 0. The van der Waals surface area contributed by atoms with Crippen molar-refractivity contribution >= 4 is 35.1 Å². The van der Waals surface area contributed by atoms with Crippen LogP contribution < -0.4 is 16.2 Å². The van der Waals surface area contributed by atoms with E-state index < -0.39 is 11.9 Å². The van der Waals surface area contributed by atoms with Crippen LogP contribution in [0.1, 0.15) is 36.6 Å². The fraction of sp³-hybridized carbons (Fsp3) is 0.111. The van der Waals surface area contributed by atoms with Crippen molar-refractivity contribution in [2.45, 2.75) is 6.92 Å². The third-order valence-electron chi connectivity index (χ3n) is 3.45. The van der Waals surface area contributed by atoms with Crippen molar-refractivity contribution in [3.63, 3.8) is 0 Å². The SMILES string of the molecule is COC(=O)c1cccc(C(=O)NC(=S)NNC(=O)c2ccccc2C)c1. The first-order valence-electron chi connectivity index (χ1n) is 7.58. The molecule has 26 heavy (non-hydrogen) atoms. The molecule has 134 valence electrons. The molecule has 0 bridgehead atoms. The van der Waals surface area contributed by atoms with Crippen LogP contribution in [0.5, 0.6) is 0 Å². The number of ether oxygens (including phenoxy) is 1. The van der Waals surface area contributed by atoms with E-state index in [-0.39, 0.29) is 22.1 Å². The molecule has 0 saturated carbocycles. The summed E-state index contributed by atoms with van der Waals surface area (Å²) < 4.78 is 4.61. The smallest absolute Gasteiger partial charge is 0.337 e. The van der Waals surface area contributed by atoms with Gasteiger partial charge in [-0.2, -0.15) is 0 Å². The lowest BCUT2D eigenvalue weighted by atomic mass is 10.1. The van der Waals surface area contributed by atoms with E-state index in [1.165, 1.54) is 25.3 Å². The molecule has 0 aliphatic carbocycles. The number of nitrogens with one attached hydrogen (secondary N) is 3. The minimum Gasteiger partial charge on any atom is -0.465 e. The van der Waals surface area contributed by atoms with Crippen LogP contribution in [0.25, 0.3) is 0 Å². The first-order valence-corrected chi connectivity index (χ1v) is 7.99. The number of benzene rings is 2. The summed E-state index contributed by atoms with van der Waals surface area (Å²) in [5, 5.41) is 2.33. The van der Waals surface area contributed by atoms with E-state index >= 15 is 0 Å². The van der Waals surface area contributed by atoms with E-state index in [1.54, 1.807) is 18.2 Å². The number of carbonyl (C=O) groups is 3.